The fraction of sp³-hybridized carbons (Fsp3) is 0.375. The topological polar surface area (TPSA) is 59.0 Å². The molecule has 2 aromatic rings. The Kier molecular flexibility index (Phi) is 4.57. The molecule has 2 N–H and O–H groups in total. The van der Waals surface area contributed by atoms with E-state index in [1.165, 1.54) is 12.1 Å². The standard InChI is InChI=1S/C16H17F3N4O/c17-16(18,19)14-6-8-22-23(14)13-5-1-3-11(9-13)15(24)21-10-12-4-2-7-20-12/h1,3,5-6,8-9,12,20H,2,4,7,10H2,(H,21,24). The summed E-state index contributed by atoms with van der Waals surface area (Å²) in [6.07, 6.45) is -1.34. The van der Waals surface area contributed by atoms with Crippen LogP contribution in [-0.2, 0) is 6.18 Å². The lowest BCUT2D eigenvalue weighted by molar-refractivity contribution is -0.142. The number of nitrogens with one attached hydrogen (secondary N) is 2. The van der Waals surface area contributed by atoms with Gasteiger partial charge in [0.25, 0.3) is 5.91 Å². The number of halogens is 3. The number of carbonyl (C=O) groups excluding carboxylic acids is 1. The number of amides is 1. The molecule has 0 radical (unpaired) electrons. The molecule has 24 heavy (non-hydrogen) atoms. The molecular weight excluding hydrogens is 321 g/mol. The minimum absolute atomic E-state index is 0.193. The van der Waals surface area contributed by atoms with Crippen LogP contribution in [0.3, 0.4) is 0 Å². The van der Waals surface area contributed by atoms with Crippen LogP contribution in [-0.4, -0.2) is 34.8 Å². The molecule has 2 heterocycles. The third kappa shape index (κ3) is 3.59. The molecule has 1 unspecified atom stereocenters. The fourth-order valence-electron chi connectivity index (χ4n) is 2.75. The van der Waals surface area contributed by atoms with Gasteiger partial charge >= 0.3 is 6.18 Å². The summed E-state index contributed by atoms with van der Waals surface area (Å²) < 4.78 is 39.7. The van der Waals surface area contributed by atoms with Gasteiger partial charge in [0, 0.05) is 18.2 Å². The molecule has 1 atom stereocenters. The van der Waals surface area contributed by atoms with Crippen LogP contribution in [0.15, 0.2) is 36.5 Å². The number of hydrogen-bond acceptors (Lipinski definition) is 3. The number of nitrogens with zero attached hydrogens (tertiary/aromatic N) is 2. The highest BCUT2D eigenvalue weighted by molar-refractivity contribution is 5.94. The molecule has 1 saturated heterocycles. The molecule has 0 bridgehead atoms. The fourth-order valence-corrected chi connectivity index (χ4v) is 2.75. The lowest BCUT2D eigenvalue weighted by Crippen LogP contribution is -2.37. The van der Waals surface area contributed by atoms with E-state index in [-0.39, 0.29) is 17.6 Å². The van der Waals surface area contributed by atoms with Crippen molar-refractivity contribution in [3.63, 3.8) is 0 Å². The average molecular weight is 338 g/mol. The van der Waals surface area contributed by atoms with Crippen LogP contribution >= 0.6 is 0 Å². The minimum atomic E-state index is -4.51. The maximum Gasteiger partial charge on any atom is 0.433 e. The molecule has 5 nitrogen and oxygen atoms in total. The summed E-state index contributed by atoms with van der Waals surface area (Å²) in [6, 6.07) is 7.15. The second-order valence-corrected chi connectivity index (χ2v) is 5.68. The Morgan fingerprint density at radius 3 is 2.92 bits per heavy atom. The number of aromatic nitrogens is 2. The lowest BCUT2D eigenvalue weighted by Gasteiger charge is -2.13. The monoisotopic (exact) mass is 338 g/mol. The van der Waals surface area contributed by atoms with Crippen molar-refractivity contribution >= 4 is 5.91 Å². The molecule has 0 spiro atoms. The van der Waals surface area contributed by atoms with Gasteiger partial charge in [-0.25, -0.2) is 4.68 Å². The molecule has 1 amide bonds. The van der Waals surface area contributed by atoms with Gasteiger partial charge in [0.15, 0.2) is 0 Å². The minimum Gasteiger partial charge on any atom is -0.350 e. The highest BCUT2D eigenvalue weighted by Gasteiger charge is 2.35. The van der Waals surface area contributed by atoms with E-state index in [1.807, 2.05) is 0 Å². The molecule has 0 aliphatic carbocycles. The van der Waals surface area contributed by atoms with E-state index in [1.54, 1.807) is 12.1 Å². The molecule has 1 aromatic carbocycles. The maximum atomic E-state index is 13.0. The first-order valence-corrected chi connectivity index (χ1v) is 7.68. The van der Waals surface area contributed by atoms with Gasteiger partial charge in [-0.15, -0.1) is 0 Å². The van der Waals surface area contributed by atoms with Crippen molar-refractivity contribution in [2.24, 2.45) is 0 Å². The Bertz CT molecular complexity index is 720. The van der Waals surface area contributed by atoms with Crippen molar-refractivity contribution in [2.45, 2.75) is 25.1 Å². The summed E-state index contributed by atoms with van der Waals surface area (Å²) in [7, 11) is 0. The Labute approximate surface area is 136 Å². The van der Waals surface area contributed by atoms with Gasteiger partial charge in [0.1, 0.15) is 5.69 Å². The Morgan fingerprint density at radius 2 is 2.21 bits per heavy atom. The SMILES string of the molecule is O=C(NCC1CCCN1)c1cccc(-n2nccc2C(F)(F)F)c1. The molecule has 128 valence electrons. The lowest BCUT2D eigenvalue weighted by atomic mass is 10.1. The summed E-state index contributed by atoms with van der Waals surface area (Å²) in [5, 5.41) is 9.79. The largest absolute Gasteiger partial charge is 0.433 e. The van der Waals surface area contributed by atoms with Crippen LogP contribution in [0.5, 0.6) is 0 Å². The summed E-state index contributed by atoms with van der Waals surface area (Å²) in [5.41, 5.74) is -0.386. The predicted octanol–water partition coefficient (Wildman–Crippen LogP) is 2.37. The maximum absolute atomic E-state index is 13.0. The third-order valence-electron chi connectivity index (χ3n) is 3.96. The first kappa shape index (κ1) is 16.5. The van der Waals surface area contributed by atoms with Gasteiger partial charge in [-0.2, -0.15) is 18.3 Å². The Hall–Kier alpha value is -2.35. The van der Waals surface area contributed by atoms with Crippen molar-refractivity contribution in [2.75, 3.05) is 13.1 Å². The van der Waals surface area contributed by atoms with E-state index >= 15 is 0 Å². The third-order valence-corrected chi connectivity index (χ3v) is 3.96. The number of hydrogen-bond donors (Lipinski definition) is 2. The highest BCUT2D eigenvalue weighted by Crippen LogP contribution is 2.30. The summed E-state index contributed by atoms with van der Waals surface area (Å²) in [4.78, 5) is 12.2. The number of alkyl halides is 3. The van der Waals surface area contributed by atoms with E-state index < -0.39 is 11.9 Å². The zero-order valence-corrected chi connectivity index (χ0v) is 12.8. The number of rotatable bonds is 4. The molecule has 8 heteroatoms. The second kappa shape index (κ2) is 6.64. The summed E-state index contributed by atoms with van der Waals surface area (Å²) in [6.45, 7) is 1.44. The van der Waals surface area contributed by atoms with Crippen LogP contribution < -0.4 is 10.6 Å². The van der Waals surface area contributed by atoms with Crippen molar-refractivity contribution in [1.82, 2.24) is 20.4 Å². The van der Waals surface area contributed by atoms with Crippen LogP contribution in [0.1, 0.15) is 28.9 Å². The predicted molar refractivity (Wildman–Crippen MR) is 81.9 cm³/mol. The Morgan fingerprint density at radius 1 is 1.38 bits per heavy atom. The van der Waals surface area contributed by atoms with Crippen molar-refractivity contribution < 1.29 is 18.0 Å². The van der Waals surface area contributed by atoms with Gasteiger partial charge in [-0.3, -0.25) is 4.79 Å². The van der Waals surface area contributed by atoms with Crippen LogP contribution in [0.4, 0.5) is 13.2 Å². The quantitative estimate of drug-likeness (QED) is 0.900. The molecular formula is C16H17F3N4O. The molecule has 1 aliphatic heterocycles. The van der Waals surface area contributed by atoms with E-state index in [0.717, 1.165) is 36.3 Å². The summed E-state index contributed by atoms with van der Waals surface area (Å²) >= 11 is 0. The molecule has 3 rings (SSSR count). The first-order valence-electron chi connectivity index (χ1n) is 7.68. The van der Waals surface area contributed by atoms with E-state index in [2.05, 4.69) is 15.7 Å². The van der Waals surface area contributed by atoms with Gasteiger partial charge in [-0.1, -0.05) is 6.07 Å². The normalized spacial score (nSPS) is 17.9. The van der Waals surface area contributed by atoms with Crippen LogP contribution in [0.2, 0.25) is 0 Å². The average Bonchev–Trinajstić information content (AvgIpc) is 3.23. The van der Waals surface area contributed by atoms with E-state index in [4.69, 9.17) is 0 Å². The van der Waals surface area contributed by atoms with Gasteiger partial charge < -0.3 is 10.6 Å². The zero-order valence-electron chi connectivity index (χ0n) is 12.8. The molecule has 1 aromatic heterocycles. The van der Waals surface area contributed by atoms with Crippen molar-refractivity contribution in [3.8, 4) is 5.69 Å². The number of carbonyl (C=O) groups is 1. The first-order chi connectivity index (χ1) is 11.4. The van der Waals surface area contributed by atoms with Crippen molar-refractivity contribution in [3.05, 3.63) is 47.8 Å². The molecule has 1 fully saturated rings. The van der Waals surface area contributed by atoms with E-state index in [9.17, 15) is 18.0 Å². The summed E-state index contributed by atoms with van der Waals surface area (Å²) in [5.74, 6) is -0.314. The number of benzene rings is 1. The van der Waals surface area contributed by atoms with Crippen LogP contribution in [0.25, 0.3) is 5.69 Å². The van der Waals surface area contributed by atoms with Gasteiger partial charge in [0.05, 0.1) is 11.9 Å². The van der Waals surface area contributed by atoms with Crippen LogP contribution in [0, 0.1) is 0 Å². The smallest absolute Gasteiger partial charge is 0.350 e. The van der Waals surface area contributed by atoms with Gasteiger partial charge in [-0.05, 0) is 43.7 Å². The Balaban J connectivity index is 1.77. The molecule has 0 saturated carbocycles. The zero-order chi connectivity index (χ0) is 17.2. The van der Waals surface area contributed by atoms with Gasteiger partial charge in [0.2, 0.25) is 0 Å². The van der Waals surface area contributed by atoms with Crippen molar-refractivity contribution in [1.29, 1.82) is 0 Å². The highest BCUT2D eigenvalue weighted by atomic mass is 19.4. The molecule has 1 aliphatic rings. The van der Waals surface area contributed by atoms with E-state index in [0.29, 0.717) is 12.1 Å². The second-order valence-electron chi connectivity index (χ2n) is 5.68.